The fraction of sp³-hybridized carbons (Fsp3) is 0.529. The smallest absolute Gasteiger partial charge is 0.259 e. The molecule has 3 N–H and O–H groups in total. The van der Waals surface area contributed by atoms with Crippen molar-refractivity contribution in [2.75, 3.05) is 26.9 Å². The predicted octanol–water partition coefficient (Wildman–Crippen LogP) is 0.146. The number of hydrogen-bond donors (Lipinski definition) is 2. The molecule has 1 amide bonds. The summed E-state index contributed by atoms with van der Waals surface area (Å²) >= 11 is 0. The maximum Gasteiger partial charge on any atom is 0.259 e. The lowest BCUT2D eigenvalue weighted by Crippen LogP contribution is -2.54. The first kappa shape index (κ1) is 19.6. The number of amides is 1. The van der Waals surface area contributed by atoms with Gasteiger partial charge in [-0.2, -0.15) is 0 Å². The summed E-state index contributed by atoms with van der Waals surface area (Å²) in [5, 5.41) is 1.61. The summed E-state index contributed by atoms with van der Waals surface area (Å²) in [6.45, 7) is 1.36. The third-order valence-electron chi connectivity index (χ3n) is 4.48. The Labute approximate surface area is 158 Å². The fourth-order valence-electron chi connectivity index (χ4n) is 3.21. The maximum atomic E-state index is 12.1. The van der Waals surface area contributed by atoms with E-state index in [1.807, 2.05) is 0 Å². The van der Waals surface area contributed by atoms with E-state index < -0.39 is 10.0 Å². The number of amidine groups is 1. The number of methoxy groups -OCH3 is 1. The molecule has 2 heterocycles. The van der Waals surface area contributed by atoms with Crippen LogP contribution in [0, 0.1) is 0 Å². The maximum absolute atomic E-state index is 12.1. The summed E-state index contributed by atoms with van der Waals surface area (Å²) in [6, 6.07) is 5.14. The first-order chi connectivity index (χ1) is 12.9. The van der Waals surface area contributed by atoms with E-state index in [2.05, 4.69) is 9.82 Å². The number of sulfonamides is 1. The molecule has 27 heavy (non-hydrogen) atoms. The highest BCUT2D eigenvalue weighted by Crippen LogP contribution is 2.28. The van der Waals surface area contributed by atoms with E-state index in [9.17, 15) is 13.2 Å². The van der Waals surface area contributed by atoms with Gasteiger partial charge in [0.2, 0.25) is 5.91 Å². The highest BCUT2D eigenvalue weighted by atomic mass is 32.2. The molecular formula is C17H24N4O5S. The summed E-state index contributed by atoms with van der Waals surface area (Å²) in [5.41, 5.74) is 10.1. The van der Waals surface area contributed by atoms with E-state index in [1.165, 1.54) is 0 Å². The zero-order chi connectivity index (χ0) is 19.4. The molecule has 0 spiro atoms. The number of ether oxygens (including phenoxy) is 2. The van der Waals surface area contributed by atoms with Gasteiger partial charge in [0.1, 0.15) is 18.2 Å². The molecule has 0 bridgehead atoms. The van der Waals surface area contributed by atoms with Crippen LogP contribution in [0.4, 0.5) is 0 Å². The van der Waals surface area contributed by atoms with Gasteiger partial charge in [0.15, 0.2) is 0 Å². The second-order valence-electron chi connectivity index (χ2n) is 6.56. The van der Waals surface area contributed by atoms with Crippen LogP contribution in [-0.2, 0) is 25.3 Å². The fourth-order valence-corrected chi connectivity index (χ4v) is 4.30. The number of fused-ring (bicyclic) bond motifs is 1. The van der Waals surface area contributed by atoms with Crippen LogP contribution in [0.5, 0.6) is 5.75 Å². The van der Waals surface area contributed by atoms with Gasteiger partial charge in [0, 0.05) is 13.7 Å². The van der Waals surface area contributed by atoms with Gasteiger partial charge in [-0.05, 0) is 24.5 Å². The van der Waals surface area contributed by atoms with Crippen molar-refractivity contribution in [2.45, 2.75) is 31.1 Å². The quantitative estimate of drug-likeness (QED) is 0.701. The van der Waals surface area contributed by atoms with Crippen molar-refractivity contribution in [1.29, 1.82) is 0 Å². The Hall–Kier alpha value is -2.17. The zero-order valence-electron chi connectivity index (χ0n) is 15.2. The number of hydrogen-bond acceptors (Lipinski definition) is 7. The summed E-state index contributed by atoms with van der Waals surface area (Å²) in [4.78, 5) is 12.1. The van der Waals surface area contributed by atoms with Crippen molar-refractivity contribution in [3.8, 4) is 5.75 Å². The molecule has 1 saturated heterocycles. The van der Waals surface area contributed by atoms with Crippen molar-refractivity contribution in [3.63, 3.8) is 0 Å². The van der Waals surface area contributed by atoms with Crippen molar-refractivity contribution >= 4 is 21.8 Å². The summed E-state index contributed by atoms with van der Waals surface area (Å²) in [7, 11) is -2.02. The van der Waals surface area contributed by atoms with Gasteiger partial charge < -0.3 is 15.2 Å². The van der Waals surface area contributed by atoms with Crippen LogP contribution in [0.1, 0.15) is 30.4 Å². The minimum atomic E-state index is -3.58. The largest absolute Gasteiger partial charge is 0.491 e. The lowest BCUT2D eigenvalue weighted by Gasteiger charge is -2.34. The van der Waals surface area contributed by atoms with Crippen LogP contribution >= 0.6 is 0 Å². The monoisotopic (exact) mass is 396 g/mol. The average molecular weight is 396 g/mol. The minimum absolute atomic E-state index is 0.0137. The van der Waals surface area contributed by atoms with Crippen LogP contribution in [0.2, 0.25) is 0 Å². The summed E-state index contributed by atoms with van der Waals surface area (Å²) in [6.07, 6.45) is 2.06. The van der Waals surface area contributed by atoms with Gasteiger partial charge in [-0.1, -0.05) is 12.1 Å². The number of carbonyl (C=O) groups is 1. The van der Waals surface area contributed by atoms with Crippen molar-refractivity contribution in [1.82, 2.24) is 10.4 Å². The molecule has 2 aliphatic heterocycles. The topological polar surface area (TPSA) is 123 Å². The third-order valence-corrected chi connectivity index (χ3v) is 5.63. The Bertz CT molecular complexity index is 840. The number of hydrazine groups is 1. The van der Waals surface area contributed by atoms with E-state index in [-0.39, 0.29) is 23.5 Å². The van der Waals surface area contributed by atoms with Crippen LogP contribution in [0.15, 0.2) is 22.6 Å². The van der Waals surface area contributed by atoms with Crippen molar-refractivity contribution < 1.29 is 22.7 Å². The standard InChI is InChI=1S/C17H24N4O5S/c1-25-9-7-15(22)21-8-3-5-13(19-21)10-26-14-6-2-4-12-11-27(23,24)20-17(18)16(12)14/h2,4,6,13,19H,3,5,7-11H2,1H3,(H2,18,20)/t13-/m1/s1. The zero-order valence-corrected chi connectivity index (χ0v) is 16.0. The molecule has 2 aliphatic rings. The molecule has 1 aromatic carbocycles. The Morgan fingerprint density at radius 3 is 3.04 bits per heavy atom. The molecule has 0 aromatic heterocycles. The third kappa shape index (κ3) is 4.76. The number of benzene rings is 1. The highest BCUT2D eigenvalue weighted by molar-refractivity contribution is 7.89. The molecule has 0 radical (unpaired) electrons. The van der Waals surface area contributed by atoms with Gasteiger partial charge in [0.25, 0.3) is 10.0 Å². The molecule has 1 atom stereocenters. The lowest BCUT2D eigenvalue weighted by atomic mass is 10.1. The first-order valence-corrected chi connectivity index (χ1v) is 10.4. The molecule has 0 saturated carbocycles. The number of carbonyl (C=O) groups excluding carboxylic acids is 1. The van der Waals surface area contributed by atoms with Crippen LogP contribution in [0.25, 0.3) is 0 Å². The molecule has 0 unspecified atom stereocenters. The van der Waals surface area contributed by atoms with Crippen LogP contribution < -0.4 is 15.9 Å². The predicted molar refractivity (Wildman–Crippen MR) is 99.6 cm³/mol. The highest BCUT2D eigenvalue weighted by Gasteiger charge is 2.27. The number of rotatable bonds is 6. The van der Waals surface area contributed by atoms with E-state index in [0.29, 0.717) is 43.1 Å². The second kappa shape index (κ2) is 8.24. The van der Waals surface area contributed by atoms with Gasteiger partial charge in [-0.15, -0.1) is 4.40 Å². The summed E-state index contributed by atoms with van der Waals surface area (Å²) < 4.78 is 37.9. The molecule has 1 aromatic rings. The lowest BCUT2D eigenvalue weighted by molar-refractivity contribution is -0.138. The van der Waals surface area contributed by atoms with E-state index in [4.69, 9.17) is 15.2 Å². The Kier molecular flexibility index (Phi) is 5.98. The molecule has 9 nitrogen and oxygen atoms in total. The van der Waals surface area contributed by atoms with Crippen LogP contribution in [0.3, 0.4) is 0 Å². The Balaban J connectivity index is 1.65. The SMILES string of the molecule is COCCC(=O)N1CCC[C@H](COc2cccc3c2C(N)=NS(=O)(=O)C3)N1. The molecule has 10 heteroatoms. The average Bonchev–Trinajstić information content (AvgIpc) is 2.63. The molecule has 1 fully saturated rings. The Morgan fingerprint density at radius 1 is 1.44 bits per heavy atom. The molecule has 148 valence electrons. The van der Waals surface area contributed by atoms with Gasteiger partial charge >= 0.3 is 0 Å². The minimum Gasteiger partial charge on any atom is -0.491 e. The van der Waals surface area contributed by atoms with E-state index >= 15 is 0 Å². The second-order valence-corrected chi connectivity index (χ2v) is 8.20. The van der Waals surface area contributed by atoms with Gasteiger partial charge in [-0.25, -0.2) is 13.8 Å². The number of nitrogens with zero attached hydrogens (tertiary/aromatic N) is 2. The van der Waals surface area contributed by atoms with E-state index in [1.54, 1.807) is 30.3 Å². The number of nitrogens with one attached hydrogen (secondary N) is 1. The molecule has 0 aliphatic carbocycles. The van der Waals surface area contributed by atoms with Gasteiger partial charge in [-0.3, -0.25) is 9.80 Å². The van der Waals surface area contributed by atoms with Crippen molar-refractivity contribution in [2.24, 2.45) is 10.1 Å². The number of nitrogens with two attached hydrogens (primary N) is 1. The molecule has 3 rings (SSSR count). The van der Waals surface area contributed by atoms with Gasteiger partial charge in [0.05, 0.1) is 30.4 Å². The van der Waals surface area contributed by atoms with Crippen molar-refractivity contribution in [3.05, 3.63) is 29.3 Å². The normalized spacial score (nSPS) is 21.3. The first-order valence-electron chi connectivity index (χ1n) is 8.78. The molecular weight excluding hydrogens is 372 g/mol. The van der Waals surface area contributed by atoms with Crippen LogP contribution in [-0.4, -0.2) is 58.1 Å². The Morgan fingerprint density at radius 2 is 2.26 bits per heavy atom. The summed E-state index contributed by atoms with van der Waals surface area (Å²) in [5.74, 6) is 0.234. The van der Waals surface area contributed by atoms with E-state index in [0.717, 1.165) is 12.8 Å².